The summed E-state index contributed by atoms with van der Waals surface area (Å²) in [6, 6.07) is 5.59. The average molecular weight is 334 g/mol. The van der Waals surface area contributed by atoms with Gasteiger partial charge in [0.15, 0.2) is 0 Å². The minimum Gasteiger partial charge on any atom is -0.392 e. The number of fused-ring (bicyclic) bond motifs is 1. The number of anilines is 1. The van der Waals surface area contributed by atoms with Crippen molar-refractivity contribution >= 4 is 27.7 Å². The van der Waals surface area contributed by atoms with Crippen LogP contribution in [0, 0.1) is 0 Å². The molecule has 1 heterocycles. The summed E-state index contributed by atoms with van der Waals surface area (Å²) in [7, 11) is -1.77. The van der Waals surface area contributed by atoms with Crippen molar-refractivity contribution in [3.8, 4) is 0 Å². The molecular weight excluding hydrogens is 314 g/mol. The molecule has 1 aromatic rings. The van der Waals surface area contributed by atoms with Crippen LogP contribution in [0.2, 0.25) is 0 Å². The monoisotopic (exact) mass is 333 g/mol. The van der Waals surface area contributed by atoms with E-state index in [2.05, 4.69) is 22.5 Å². The van der Waals surface area contributed by atoms with Gasteiger partial charge < -0.3 is 10.0 Å². The Hall–Kier alpha value is -0.820. The van der Waals surface area contributed by atoms with Crippen molar-refractivity contribution in [2.75, 3.05) is 17.7 Å². The number of benzene rings is 1. The van der Waals surface area contributed by atoms with Gasteiger partial charge in [0.2, 0.25) is 0 Å². The summed E-state index contributed by atoms with van der Waals surface area (Å²) < 4.78 is 27.5. The van der Waals surface area contributed by atoms with Crippen LogP contribution in [0.1, 0.15) is 37.3 Å². The fourth-order valence-corrected chi connectivity index (χ4v) is 3.92. The zero-order valence-corrected chi connectivity index (χ0v) is 13.9. The highest BCUT2D eigenvalue weighted by atomic mass is 35.5. The van der Waals surface area contributed by atoms with E-state index in [1.54, 1.807) is 0 Å². The second kappa shape index (κ2) is 5.76. The minimum atomic E-state index is -3.75. The van der Waals surface area contributed by atoms with Gasteiger partial charge in [0.25, 0.3) is 10.1 Å². The predicted molar refractivity (Wildman–Crippen MR) is 82.9 cm³/mol. The summed E-state index contributed by atoms with van der Waals surface area (Å²) in [6.45, 7) is 4.07. The van der Waals surface area contributed by atoms with E-state index in [1.807, 2.05) is 25.2 Å². The lowest BCUT2D eigenvalue weighted by Crippen LogP contribution is -2.47. The van der Waals surface area contributed by atoms with Crippen LogP contribution in [-0.2, 0) is 20.5 Å². The second-order valence-corrected chi connectivity index (χ2v) is 8.06. The molecule has 0 fully saturated rings. The van der Waals surface area contributed by atoms with Crippen molar-refractivity contribution < 1.29 is 17.3 Å². The van der Waals surface area contributed by atoms with Gasteiger partial charge in [-0.1, -0.05) is 12.1 Å². The number of aliphatic hydroxyl groups excluding tert-OH is 1. The number of hydrogen-bond donors (Lipinski definition) is 1. The van der Waals surface area contributed by atoms with E-state index in [9.17, 15) is 13.5 Å². The number of rotatable bonds is 4. The lowest BCUT2D eigenvalue weighted by atomic mass is 9.80. The number of nitrogens with zero attached hydrogens (tertiary/aromatic N) is 1. The maximum Gasteiger partial charge on any atom is 0.283 e. The Kier molecular flexibility index (Phi) is 4.54. The molecule has 0 spiro atoms. The maximum atomic E-state index is 11.7. The van der Waals surface area contributed by atoms with Gasteiger partial charge in [0, 0.05) is 24.2 Å². The molecule has 1 aliphatic rings. The highest BCUT2D eigenvalue weighted by Crippen LogP contribution is 2.43. The van der Waals surface area contributed by atoms with Gasteiger partial charge >= 0.3 is 0 Å². The molecule has 1 N–H and O–H groups in total. The van der Waals surface area contributed by atoms with Crippen LogP contribution in [0.15, 0.2) is 18.2 Å². The van der Waals surface area contributed by atoms with Gasteiger partial charge in [-0.15, -0.1) is 0 Å². The van der Waals surface area contributed by atoms with E-state index < -0.39 is 10.1 Å². The van der Waals surface area contributed by atoms with Crippen LogP contribution < -0.4 is 4.90 Å². The van der Waals surface area contributed by atoms with Crippen LogP contribution in [0.25, 0.3) is 0 Å². The number of halogens is 1. The quantitative estimate of drug-likeness (QED) is 0.916. The number of aliphatic hydroxyl groups is 1. The third-order valence-corrected chi connectivity index (χ3v) is 5.81. The molecular formula is C14H20ClNO4S. The van der Waals surface area contributed by atoms with E-state index in [4.69, 9.17) is 11.9 Å². The van der Waals surface area contributed by atoms with Gasteiger partial charge in [-0.3, -0.25) is 0 Å². The second-order valence-electron chi connectivity index (χ2n) is 6.11. The molecule has 118 valence electrons. The zero-order valence-electron chi connectivity index (χ0n) is 12.3. The van der Waals surface area contributed by atoms with Crippen molar-refractivity contribution in [3.63, 3.8) is 0 Å². The third kappa shape index (κ3) is 3.34. The third-order valence-electron chi connectivity index (χ3n) is 4.23. The van der Waals surface area contributed by atoms with Gasteiger partial charge in [0.05, 0.1) is 24.2 Å². The lowest BCUT2D eigenvalue weighted by Gasteiger charge is -2.46. The summed E-state index contributed by atoms with van der Waals surface area (Å²) in [5.41, 5.74) is 2.47. The number of hydrogen-bond acceptors (Lipinski definition) is 5. The molecule has 0 amide bonds. The van der Waals surface area contributed by atoms with Crippen molar-refractivity contribution in [1.82, 2.24) is 0 Å². The van der Waals surface area contributed by atoms with Crippen LogP contribution >= 0.6 is 11.9 Å². The Balaban J connectivity index is 2.48. The molecule has 21 heavy (non-hydrogen) atoms. The predicted octanol–water partition coefficient (Wildman–Crippen LogP) is 2.38. The first-order chi connectivity index (χ1) is 9.70. The Morgan fingerprint density at radius 3 is 2.71 bits per heavy atom. The fourth-order valence-electron chi connectivity index (χ4n) is 2.92. The highest BCUT2D eigenvalue weighted by molar-refractivity contribution is 7.87. The first kappa shape index (κ1) is 16.5. The molecule has 1 unspecified atom stereocenters. The molecule has 0 bridgehead atoms. The first-order valence-corrected chi connectivity index (χ1v) is 8.59. The Morgan fingerprint density at radius 1 is 1.48 bits per heavy atom. The van der Waals surface area contributed by atoms with Crippen molar-refractivity contribution in [2.45, 2.75) is 38.3 Å². The molecule has 0 radical (unpaired) electrons. The van der Waals surface area contributed by atoms with E-state index in [1.165, 1.54) is 0 Å². The summed E-state index contributed by atoms with van der Waals surface area (Å²) in [6.07, 6.45) is 0.675. The molecule has 0 saturated heterocycles. The largest absolute Gasteiger partial charge is 0.392 e. The molecule has 0 saturated carbocycles. The molecule has 1 atom stereocenters. The van der Waals surface area contributed by atoms with Gasteiger partial charge in [-0.25, -0.2) is 0 Å². The van der Waals surface area contributed by atoms with Gasteiger partial charge in [-0.2, -0.15) is 12.2 Å². The molecule has 5 nitrogen and oxygen atoms in total. The average Bonchev–Trinajstić information content (AvgIpc) is 2.43. The molecule has 7 heteroatoms. The first-order valence-electron chi connectivity index (χ1n) is 6.70. The van der Waals surface area contributed by atoms with E-state index >= 15 is 0 Å². The van der Waals surface area contributed by atoms with Gasteiger partial charge in [-0.05, 0) is 37.5 Å². The van der Waals surface area contributed by atoms with E-state index in [-0.39, 0.29) is 23.8 Å². The maximum absolute atomic E-state index is 11.7. The smallest absolute Gasteiger partial charge is 0.283 e. The summed E-state index contributed by atoms with van der Waals surface area (Å²) in [5, 5.41) is 9.29. The van der Waals surface area contributed by atoms with Gasteiger partial charge in [0.1, 0.15) is 0 Å². The van der Waals surface area contributed by atoms with Crippen LogP contribution in [0.3, 0.4) is 0 Å². The molecule has 0 aliphatic carbocycles. The van der Waals surface area contributed by atoms with E-state index in [0.717, 1.165) is 16.8 Å². The standard InChI is InChI=1S/C14H20ClNO4S/c1-14(2)7-11(9-21(18,19)20-15)12-5-4-10(8-17)6-13(12)16(14)3/h4-6,11,17H,7-9H2,1-3H3. The molecule has 0 aromatic heterocycles. The Bertz CT molecular complexity index is 630. The zero-order chi connectivity index (χ0) is 15.8. The normalized spacial score (nSPS) is 21.2. The van der Waals surface area contributed by atoms with Crippen LogP contribution in [0.4, 0.5) is 5.69 Å². The SMILES string of the molecule is CN1c2cc(CO)ccc2C(CS(=O)(=O)OCl)CC1(C)C. The molecule has 1 aliphatic heterocycles. The summed E-state index contributed by atoms with van der Waals surface area (Å²) >= 11 is 5.06. The van der Waals surface area contributed by atoms with E-state index in [0.29, 0.717) is 6.42 Å². The lowest BCUT2D eigenvalue weighted by molar-refractivity contribution is 0.281. The molecule has 1 aromatic carbocycles. The van der Waals surface area contributed by atoms with Crippen molar-refractivity contribution in [2.24, 2.45) is 0 Å². The highest BCUT2D eigenvalue weighted by Gasteiger charge is 2.38. The van der Waals surface area contributed by atoms with Crippen molar-refractivity contribution in [1.29, 1.82) is 0 Å². The topological polar surface area (TPSA) is 66.8 Å². The van der Waals surface area contributed by atoms with Crippen LogP contribution in [-0.4, -0.2) is 31.9 Å². The Morgan fingerprint density at radius 2 is 2.14 bits per heavy atom. The molecule has 2 rings (SSSR count). The Labute approximate surface area is 130 Å². The van der Waals surface area contributed by atoms with Crippen LogP contribution in [0.5, 0.6) is 0 Å². The fraction of sp³-hybridized carbons (Fsp3) is 0.571. The summed E-state index contributed by atoms with van der Waals surface area (Å²) in [4.78, 5) is 2.12. The summed E-state index contributed by atoms with van der Waals surface area (Å²) in [5.74, 6) is -0.345. The minimum absolute atomic E-state index is 0.0463. The van der Waals surface area contributed by atoms with Crippen molar-refractivity contribution in [3.05, 3.63) is 29.3 Å².